The SMILES string of the molecule is CCCC1CCC(C2CCC(c3ccc(C(F)(F)Oc4ccc(OC(F)(F)F)c(F)c4)c(F)c3)CC2)O1. The summed E-state index contributed by atoms with van der Waals surface area (Å²) in [5.41, 5.74) is -0.436. The molecule has 3 nitrogen and oxygen atoms in total. The first-order chi connectivity index (χ1) is 17.4. The van der Waals surface area contributed by atoms with Crippen molar-refractivity contribution in [2.75, 3.05) is 0 Å². The molecule has 0 aromatic heterocycles. The van der Waals surface area contributed by atoms with E-state index in [0.717, 1.165) is 63.5 Å². The summed E-state index contributed by atoms with van der Waals surface area (Å²) in [6, 6.07) is 4.94. The molecule has 1 aliphatic carbocycles. The predicted octanol–water partition coefficient (Wildman–Crippen LogP) is 8.61. The van der Waals surface area contributed by atoms with E-state index in [4.69, 9.17) is 4.74 Å². The van der Waals surface area contributed by atoms with Crippen molar-refractivity contribution in [3.8, 4) is 11.5 Å². The molecule has 37 heavy (non-hydrogen) atoms. The van der Waals surface area contributed by atoms with Gasteiger partial charge in [0.15, 0.2) is 11.6 Å². The molecule has 2 aromatic carbocycles. The lowest BCUT2D eigenvalue weighted by Gasteiger charge is -2.32. The Morgan fingerprint density at radius 1 is 0.838 bits per heavy atom. The monoisotopic (exact) mass is 534 g/mol. The topological polar surface area (TPSA) is 27.7 Å². The predicted molar refractivity (Wildman–Crippen MR) is 122 cm³/mol. The highest BCUT2D eigenvalue weighted by atomic mass is 19.4. The van der Waals surface area contributed by atoms with Crippen molar-refractivity contribution >= 4 is 0 Å². The summed E-state index contributed by atoms with van der Waals surface area (Å²) >= 11 is 0. The van der Waals surface area contributed by atoms with Crippen molar-refractivity contribution in [3.05, 3.63) is 59.2 Å². The van der Waals surface area contributed by atoms with Crippen molar-refractivity contribution in [3.63, 3.8) is 0 Å². The van der Waals surface area contributed by atoms with Crippen LogP contribution in [0, 0.1) is 17.6 Å². The lowest BCUT2D eigenvalue weighted by atomic mass is 9.76. The fraction of sp³-hybridized carbons (Fsp3) is 0.556. The van der Waals surface area contributed by atoms with Crippen molar-refractivity contribution in [1.29, 1.82) is 0 Å². The Balaban J connectivity index is 1.37. The minimum atomic E-state index is -5.15. The van der Waals surface area contributed by atoms with Crippen LogP contribution in [0.4, 0.5) is 30.7 Å². The zero-order chi connectivity index (χ0) is 26.8. The van der Waals surface area contributed by atoms with E-state index < -0.39 is 41.2 Å². The molecule has 1 saturated heterocycles. The number of alkyl halides is 5. The van der Waals surface area contributed by atoms with Crippen molar-refractivity contribution in [1.82, 2.24) is 0 Å². The standard InChI is InChI=1S/C27H29F7O3/c1-2-3-19-9-12-24(35-19)17-6-4-16(5-7-17)18-8-11-21(22(28)14-18)26(30,31)36-20-10-13-25(23(29)15-20)37-27(32,33)34/h8,10-11,13-17,19,24H,2-7,9,12H2,1H3. The Morgan fingerprint density at radius 3 is 2.19 bits per heavy atom. The second-order valence-electron chi connectivity index (χ2n) is 9.77. The average Bonchev–Trinajstić information content (AvgIpc) is 3.29. The lowest BCUT2D eigenvalue weighted by Crippen LogP contribution is -2.26. The van der Waals surface area contributed by atoms with E-state index in [1.165, 1.54) is 6.07 Å². The van der Waals surface area contributed by atoms with E-state index in [0.29, 0.717) is 35.8 Å². The van der Waals surface area contributed by atoms with E-state index in [9.17, 15) is 30.7 Å². The van der Waals surface area contributed by atoms with Gasteiger partial charge in [-0.15, -0.1) is 13.2 Å². The Kier molecular flexibility index (Phi) is 8.26. The van der Waals surface area contributed by atoms with Gasteiger partial charge >= 0.3 is 12.5 Å². The molecule has 0 spiro atoms. The number of hydrogen-bond acceptors (Lipinski definition) is 3. The highest BCUT2D eigenvalue weighted by molar-refractivity contribution is 5.35. The zero-order valence-electron chi connectivity index (χ0n) is 20.3. The largest absolute Gasteiger partial charge is 0.573 e. The van der Waals surface area contributed by atoms with E-state index in [1.54, 1.807) is 0 Å². The molecular weight excluding hydrogens is 505 g/mol. The van der Waals surface area contributed by atoms with E-state index in [1.807, 2.05) is 0 Å². The minimum Gasteiger partial charge on any atom is -0.429 e. The van der Waals surface area contributed by atoms with E-state index in [-0.39, 0.29) is 12.0 Å². The second-order valence-corrected chi connectivity index (χ2v) is 9.77. The van der Waals surface area contributed by atoms with Crippen LogP contribution >= 0.6 is 0 Å². The van der Waals surface area contributed by atoms with Crippen LogP contribution in [-0.4, -0.2) is 18.6 Å². The minimum absolute atomic E-state index is 0.0393. The van der Waals surface area contributed by atoms with Crippen LogP contribution in [0.25, 0.3) is 0 Å². The van der Waals surface area contributed by atoms with Gasteiger partial charge in [-0.1, -0.05) is 19.4 Å². The van der Waals surface area contributed by atoms with Crippen LogP contribution in [0.3, 0.4) is 0 Å². The molecule has 1 saturated carbocycles. The van der Waals surface area contributed by atoms with Gasteiger partial charge < -0.3 is 14.2 Å². The van der Waals surface area contributed by atoms with Gasteiger partial charge in [-0.2, -0.15) is 8.78 Å². The summed E-state index contributed by atoms with van der Waals surface area (Å²) in [4.78, 5) is 0. The summed E-state index contributed by atoms with van der Waals surface area (Å²) in [6.07, 6.45) is -0.984. The summed E-state index contributed by atoms with van der Waals surface area (Å²) in [6.45, 7) is 2.14. The highest BCUT2D eigenvalue weighted by Crippen LogP contribution is 2.42. The number of ether oxygens (including phenoxy) is 3. The zero-order valence-corrected chi connectivity index (χ0v) is 20.3. The summed E-state index contributed by atoms with van der Waals surface area (Å²) in [5, 5.41) is 0. The molecule has 0 bridgehead atoms. The molecule has 0 N–H and O–H groups in total. The molecule has 0 amide bonds. The maximum Gasteiger partial charge on any atom is 0.573 e. The van der Waals surface area contributed by atoms with Gasteiger partial charge in [0, 0.05) is 6.07 Å². The summed E-state index contributed by atoms with van der Waals surface area (Å²) < 4.78 is 109. The Bertz CT molecular complexity index is 1060. The van der Waals surface area contributed by atoms with E-state index in [2.05, 4.69) is 16.4 Å². The van der Waals surface area contributed by atoms with Crippen molar-refractivity contribution in [2.45, 2.75) is 88.9 Å². The molecule has 1 heterocycles. The Morgan fingerprint density at radius 2 is 1.57 bits per heavy atom. The quantitative estimate of drug-likeness (QED) is 0.318. The third kappa shape index (κ3) is 6.89. The third-order valence-corrected chi connectivity index (χ3v) is 7.20. The average molecular weight is 535 g/mol. The third-order valence-electron chi connectivity index (χ3n) is 7.20. The van der Waals surface area contributed by atoms with Crippen LogP contribution < -0.4 is 9.47 Å². The van der Waals surface area contributed by atoms with Gasteiger partial charge in [-0.25, -0.2) is 8.78 Å². The van der Waals surface area contributed by atoms with Crippen LogP contribution in [0.5, 0.6) is 11.5 Å². The first-order valence-corrected chi connectivity index (χ1v) is 12.5. The normalized spacial score (nSPS) is 24.8. The number of hydrogen-bond donors (Lipinski definition) is 0. The molecule has 1 aliphatic heterocycles. The van der Waals surface area contributed by atoms with Crippen molar-refractivity contribution < 1.29 is 44.9 Å². The van der Waals surface area contributed by atoms with Crippen LogP contribution in [0.1, 0.15) is 75.3 Å². The molecule has 2 atom stereocenters. The molecular formula is C27H29F7O3. The summed E-state index contributed by atoms with van der Waals surface area (Å²) in [5.74, 6) is -4.22. The van der Waals surface area contributed by atoms with Gasteiger partial charge in [-0.05, 0) is 86.6 Å². The van der Waals surface area contributed by atoms with Crippen LogP contribution in [0.2, 0.25) is 0 Å². The molecule has 2 fully saturated rings. The Labute approximate surface area is 210 Å². The fourth-order valence-corrected chi connectivity index (χ4v) is 5.42. The van der Waals surface area contributed by atoms with Gasteiger partial charge in [0.1, 0.15) is 11.6 Å². The molecule has 10 heteroatoms. The maximum absolute atomic E-state index is 14.8. The Hall–Kier alpha value is -2.49. The number of rotatable bonds is 8. The summed E-state index contributed by atoms with van der Waals surface area (Å²) in [7, 11) is 0. The molecule has 2 unspecified atom stereocenters. The first kappa shape index (κ1) is 27.5. The second kappa shape index (κ2) is 11.1. The molecule has 2 aromatic rings. The molecule has 204 valence electrons. The number of halogens is 7. The molecule has 2 aliphatic rings. The van der Waals surface area contributed by atoms with E-state index >= 15 is 0 Å². The maximum atomic E-state index is 14.8. The lowest BCUT2D eigenvalue weighted by molar-refractivity contribution is -0.275. The van der Waals surface area contributed by atoms with Crippen molar-refractivity contribution in [2.24, 2.45) is 5.92 Å². The first-order valence-electron chi connectivity index (χ1n) is 12.5. The van der Waals surface area contributed by atoms with Gasteiger partial charge in [0.05, 0.1) is 17.8 Å². The van der Waals surface area contributed by atoms with Gasteiger partial charge in [0.25, 0.3) is 0 Å². The molecule has 4 rings (SSSR count). The number of benzene rings is 2. The van der Waals surface area contributed by atoms with Gasteiger partial charge in [0.2, 0.25) is 0 Å². The van der Waals surface area contributed by atoms with Gasteiger partial charge in [-0.3, -0.25) is 0 Å². The van der Waals surface area contributed by atoms with Crippen LogP contribution in [-0.2, 0) is 10.8 Å². The van der Waals surface area contributed by atoms with Crippen LogP contribution in [0.15, 0.2) is 36.4 Å². The fourth-order valence-electron chi connectivity index (χ4n) is 5.42. The smallest absolute Gasteiger partial charge is 0.429 e. The highest BCUT2D eigenvalue weighted by Gasteiger charge is 2.39. The molecule has 0 radical (unpaired) electrons.